The minimum atomic E-state index is -0.331. The van der Waals surface area contributed by atoms with Crippen molar-refractivity contribution < 1.29 is 30.0 Å². The normalized spacial score (nSPS) is 12.8. The quantitative estimate of drug-likeness (QED) is 0.264. The summed E-state index contributed by atoms with van der Waals surface area (Å²) in [6.07, 6.45) is 0. The van der Waals surface area contributed by atoms with Crippen LogP contribution >= 0.6 is 0 Å². The molecular formula is C24H28N4O6. The van der Waals surface area contributed by atoms with Crippen molar-refractivity contribution in [3.05, 3.63) is 59.0 Å². The molecule has 0 saturated carbocycles. The lowest BCUT2D eigenvalue weighted by Crippen LogP contribution is -2.17. The van der Waals surface area contributed by atoms with E-state index in [9.17, 15) is 19.8 Å². The molecule has 3 rings (SSSR count). The summed E-state index contributed by atoms with van der Waals surface area (Å²) in [5.74, 6) is -1.05. The molecule has 10 heteroatoms. The Morgan fingerprint density at radius 3 is 1.41 bits per heavy atom. The van der Waals surface area contributed by atoms with Crippen LogP contribution < -0.4 is 21.3 Å². The zero-order chi connectivity index (χ0) is 24.8. The van der Waals surface area contributed by atoms with Gasteiger partial charge in [0.2, 0.25) is 11.8 Å². The number of hydrogen-bond donors (Lipinski definition) is 8. The Kier molecular flexibility index (Phi) is 7.77. The van der Waals surface area contributed by atoms with Crippen LogP contribution in [0.25, 0.3) is 11.1 Å². The molecule has 1 aliphatic rings. The maximum atomic E-state index is 11.7. The molecule has 0 unspecified atom stereocenters. The highest BCUT2D eigenvalue weighted by atomic mass is 16.3. The van der Waals surface area contributed by atoms with Crippen LogP contribution in [0.5, 0.6) is 0 Å². The molecule has 180 valence electrons. The molecular weight excluding hydrogens is 440 g/mol. The highest BCUT2D eigenvalue weighted by Gasteiger charge is 2.34. The molecule has 2 aromatic rings. The van der Waals surface area contributed by atoms with Gasteiger partial charge in [0.15, 0.2) is 0 Å². The molecule has 34 heavy (non-hydrogen) atoms. The second kappa shape index (κ2) is 10.7. The number of aliphatic hydroxyl groups excluding tert-OH is 4. The monoisotopic (exact) mass is 468 g/mol. The molecule has 0 bridgehead atoms. The number of carbonyl (C=O) groups excluding carboxylic acids is 2. The third kappa shape index (κ3) is 5.30. The molecule has 1 aliphatic carbocycles. The van der Waals surface area contributed by atoms with Gasteiger partial charge in [-0.2, -0.15) is 0 Å². The van der Waals surface area contributed by atoms with Gasteiger partial charge in [0.1, 0.15) is 11.5 Å². The molecule has 10 nitrogen and oxygen atoms in total. The molecule has 0 spiro atoms. The molecule has 0 radical (unpaired) electrons. The molecule has 0 atom stereocenters. The van der Waals surface area contributed by atoms with Crippen molar-refractivity contribution in [2.45, 2.75) is 13.8 Å². The summed E-state index contributed by atoms with van der Waals surface area (Å²) in [4.78, 5) is 23.5. The van der Waals surface area contributed by atoms with Crippen LogP contribution in [0.3, 0.4) is 0 Å². The van der Waals surface area contributed by atoms with E-state index in [1.807, 2.05) is 0 Å². The second-order valence-corrected chi connectivity index (χ2v) is 7.63. The number of amides is 2. The Hall–Kier alpha value is -4.02. The highest BCUT2D eigenvalue weighted by molar-refractivity contribution is 6.11. The lowest BCUT2D eigenvalue weighted by Gasteiger charge is -2.27. The van der Waals surface area contributed by atoms with Gasteiger partial charge in [-0.3, -0.25) is 9.59 Å². The van der Waals surface area contributed by atoms with Gasteiger partial charge in [-0.15, -0.1) is 0 Å². The maximum absolute atomic E-state index is 11.7. The Morgan fingerprint density at radius 1 is 0.706 bits per heavy atom. The molecule has 8 N–H and O–H groups in total. The maximum Gasteiger partial charge on any atom is 0.221 e. The first-order valence-electron chi connectivity index (χ1n) is 10.7. The van der Waals surface area contributed by atoms with E-state index in [0.717, 1.165) is 0 Å². The van der Waals surface area contributed by atoms with Gasteiger partial charge in [-0.05, 0) is 36.4 Å². The molecule has 2 aromatic carbocycles. The predicted molar refractivity (Wildman–Crippen MR) is 132 cm³/mol. The smallest absolute Gasteiger partial charge is 0.221 e. The van der Waals surface area contributed by atoms with E-state index >= 15 is 0 Å². The zero-order valence-electron chi connectivity index (χ0n) is 18.9. The van der Waals surface area contributed by atoms with Crippen molar-refractivity contribution in [3.63, 3.8) is 0 Å². The summed E-state index contributed by atoms with van der Waals surface area (Å²) in [7, 11) is 0. The zero-order valence-corrected chi connectivity index (χ0v) is 18.9. The summed E-state index contributed by atoms with van der Waals surface area (Å²) in [5, 5.41) is 51.3. The van der Waals surface area contributed by atoms with Crippen LogP contribution in [0, 0.1) is 0 Å². The molecule has 0 saturated heterocycles. The Labute approximate surface area is 196 Å². The van der Waals surface area contributed by atoms with E-state index in [4.69, 9.17) is 10.2 Å². The van der Waals surface area contributed by atoms with E-state index in [-0.39, 0.29) is 47.7 Å². The minimum absolute atomic E-state index is 0.0685. The number of allylic oxidation sites excluding steroid dienone is 2. The second-order valence-electron chi connectivity index (χ2n) is 7.63. The topological polar surface area (TPSA) is 163 Å². The van der Waals surface area contributed by atoms with Crippen molar-refractivity contribution in [1.29, 1.82) is 0 Å². The Bertz CT molecular complexity index is 1070. The van der Waals surface area contributed by atoms with Crippen molar-refractivity contribution >= 4 is 45.7 Å². The number of benzene rings is 2. The summed E-state index contributed by atoms with van der Waals surface area (Å²) in [6.45, 7) is 3.19. The van der Waals surface area contributed by atoms with Crippen molar-refractivity contribution in [2.24, 2.45) is 0 Å². The summed E-state index contributed by atoms with van der Waals surface area (Å²) < 4.78 is 0. The van der Waals surface area contributed by atoms with Gasteiger partial charge in [0.25, 0.3) is 0 Å². The number of hydrogen-bond acceptors (Lipinski definition) is 8. The summed E-state index contributed by atoms with van der Waals surface area (Å²) in [5.41, 5.74) is 3.15. The molecule has 0 heterocycles. The fourth-order valence-corrected chi connectivity index (χ4v) is 3.65. The number of rotatable bonds is 10. The van der Waals surface area contributed by atoms with E-state index in [0.29, 0.717) is 47.0 Å². The van der Waals surface area contributed by atoms with Crippen LogP contribution in [0.2, 0.25) is 0 Å². The number of aliphatic hydroxyl groups is 4. The lowest BCUT2D eigenvalue weighted by molar-refractivity contribution is -0.115. The van der Waals surface area contributed by atoms with Crippen molar-refractivity contribution in [2.75, 3.05) is 47.6 Å². The van der Waals surface area contributed by atoms with Gasteiger partial charge >= 0.3 is 0 Å². The third-order valence-corrected chi connectivity index (χ3v) is 5.03. The van der Waals surface area contributed by atoms with Crippen molar-refractivity contribution in [3.8, 4) is 0 Å². The number of anilines is 4. The summed E-state index contributed by atoms with van der Waals surface area (Å²) in [6, 6.07) is 9.96. The van der Waals surface area contributed by atoms with E-state index < -0.39 is 0 Å². The average Bonchev–Trinajstić information content (AvgIpc) is 2.78. The standard InChI is InChI=1S/C24H28N4O6/c1-13(31)27-19-11-15(25-7-9-29)3-5-17(19)21-23(33)22(24(21)34)18-6-4-16(26-8-10-30)12-20(18)28-14(2)32/h3-6,11-12,25-26,29-30,33-34H,7-10H2,1-2H3,(H,27,31)(H,28,32). The summed E-state index contributed by atoms with van der Waals surface area (Å²) >= 11 is 0. The van der Waals surface area contributed by atoms with E-state index in [2.05, 4.69) is 21.3 Å². The first-order valence-corrected chi connectivity index (χ1v) is 10.7. The van der Waals surface area contributed by atoms with E-state index in [1.165, 1.54) is 13.8 Å². The van der Waals surface area contributed by atoms with Crippen LogP contribution in [0.1, 0.15) is 25.0 Å². The van der Waals surface area contributed by atoms with Crippen LogP contribution in [-0.2, 0) is 9.59 Å². The molecule has 0 aromatic heterocycles. The lowest BCUT2D eigenvalue weighted by atomic mass is 9.83. The SMILES string of the molecule is CC(=O)Nc1cc(NCCO)ccc1C1=C(O)C(c2ccc(NCCO)cc2NC(C)=O)=C1O. The van der Waals surface area contributed by atoms with Gasteiger partial charge < -0.3 is 41.7 Å². The van der Waals surface area contributed by atoms with Crippen LogP contribution in [0.4, 0.5) is 22.7 Å². The Morgan fingerprint density at radius 2 is 1.09 bits per heavy atom. The van der Waals surface area contributed by atoms with Crippen molar-refractivity contribution in [1.82, 2.24) is 0 Å². The number of carbonyl (C=O) groups is 2. The average molecular weight is 469 g/mol. The first kappa shape index (κ1) is 24.6. The van der Waals surface area contributed by atoms with Gasteiger partial charge in [0, 0.05) is 49.4 Å². The fourth-order valence-electron chi connectivity index (χ4n) is 3.65. The van der Waals surface area contributed by atoms with Gasteiger partial charge in [0.05, 0.1) is 35.7 Å². The fraction of sp³-hybridized carbons (Fsp3) is 0.250. The van der Waals surface area contributed by atoms with E-state index in [1.54, 1.807) is 36.4 Å². The predicted octanol–water partition coefficient (Wildman–Crippen LogP) is 2.66. The highest BCUT2D eigenvalue weighted by Crippen LogP contribution is 2.48. The largest absolute Gasteiger partial charge is 0.506 e. The van der Waals surface area contributed by atoms with Gasteiger partial charge in [-0.1, -0.05) is 0 Å². The van der Waals surface area contributed by atoms with Gasteiger partial charge in [-0.25, -0.2) is 0 Å². The third-order valence-electron chi connectivity index (χ3n) is 5.03. The van der Waals surface area contributed by atoms with Crippen LogP contribution in [-0.4, -0.2) is 58.5 Å². The van der Waals surface area contributed by atoms with Crippen LogP contribution in [0.15, 0.2) is 47.9 Å². The molecule has 0 fully saturated rings. The number of nitrogens with one attached hydrogen (secondary N) is 4. The molecule has 2 amide bonds. The Balaban J connectivity index is 2.01. The first-order chi connectivity index (χ1) is 16.3. The minimum Gasteiger partial charge on any atom is -0.506 e. The molecule has 0 aliphatic heterocycles.